The maximum Gasteiger partial charge on any atom is 0.315 e. The summed E-state index contributed by atoms with van der Waals surface area (Å²) in [6.45, 7) is 11.6. The summed E-state index contributed by atoms with van der Waals surface area (Å²) in [5, 5.41) is 5.81. The van der Waals surface area contributed by atoms with Gasteiger partial charge in [-0.1, -0.05) is 55.8 Å². The van der Waals surface area contributed by atoms with Gasteiger partial charge in [0, 0.05) is 38.4 Å². The molecule has 1 aliphatic heterocycles. The van der Waals surface area contributed by atoms with Gasteiger partial charge in [-0.2, -0.15) is 0 Å². The van der Waals surface area contributed by atoms with Gasteiger partial charge in [0.05, 0.1) is 0 Å². The Balaban J connectivity index is 1.54. The fourth-order valence-electron chi connectivity index (χ4n) is 4.02. The van der Waals surface area contributed by atoms with Crippen molar-refractivity contribution in [2.24, 2.45) is 5.92 Å². The monoisotopic (exact) mass is 436 g/mol. The molecular weight excluding hydrogens is 400 g/mol. The van der Waals surface area contributed by atoms with E-state index >= 15 is 0 Å². The molecule has 1 fully saturated rings. The number of urea groups is 1. The minimum absolute atomic E-state index is 0.00748. The Labute approximate surface area is 192 Å². The molecule has 0 aromatic heterocycles. The van der Waals surface area contributed by atoms with Crippen LogP contribution in [0.15, 0.2) is 48.5 Å². The predicted octanol–water partition coefficient (Wildman–Crippen LogP) is 3.87. The molecule has 3 amide bonds. The fraction of sp³-hybridized carbons (Fsp3) is 0.462. The Morgan fingerprint density at radius 3 is 2.25 bits per heavy atom. The third-order valence-electron chi connectivity index (χ3n) is 5.84. The smallest absolute Gasteiger partial charge is 0.315 e. The van der Waals surface area contributed by atoms with E-state index in [4.69, 9.17) is 0 Å². The number of benzene rings is 2. The highest BCUT2D eigenvalue weighted by molar-refractivity contribution is 5.87. The van der Waals surface area contributed by atoms with E-state index in [2.05, 4.69) is 60.6 Å². The van der Waals surface area contributed by atoms with Crippen molar-refractivity contribution >= 4 is 17.6 Å². The first-order valence-electron chi connectivity index (χ1n) is 11.5. The zero-order valence-corrected chi connectivity index (χ0v) is 19.7. The molecule has 1 atom stereocenters. The molecule has 0 spiro atoms. The van der Waals surface area contributed by atoms with Crippen LogP contribution in [0.5, 0.6) is 0 Å². The SMILES string of the molecule is Cc1ccc(CNC(=O)N[C@@H](CC(C)C)C(=O)N2CCN(c3cccc(C)c3)CC2)cc1. The summed E-state index contributed by atoms with van der Waals surface area (Å²) in [5.74, 6) is 0.308. The van der Waals surface area contributed by atoms with E-state index in [1.54, 1.807) is 0 Å². The number of piperazine rings is 1. The van der Waals surface area contributed by atoms with E-state index in [0.29, 0.717) is 32.0 Å². The van der Waals surface area contributed by atoms with E-state index < -0.39 is 6.04 Å². The van der Waals surface area contributed by atoms with E-state index in [9.17, 15) is 9.59 Å². The van der Waals surface area contributed by atoms with Gasteiger partial charge in [0.1, 0.15) is 6.04 Å². The van der Waals surface area contributed by atoms with Crippen LogP contribution in [0.4, 0.5) is 10.5 Å². The lowest BCUT2D eigenvalue weighted by Gasteiger charge is -2.38. The van der Waals surface area contributed by atoms with Crippen LogP contribution in [0.2, 0.25) is 0 Å². The zero-order chi connectivity index (χ0) is 23.1. The lowest BCUT2D eigenvalue weighted by molar-refractivity contribution is -0.133. The maximum absolute atomic E-state index is 13.2. The molecule has 2 aromatic carbocycles. The van der Waals surface area contributed by atoms with E-state index in [0.717, 1.165) is 18.7 Å². The number of anilines is 1. The number of amides is 3. The van der Waals surface area contributed by atoms with Crippen molar-refractivity contribution in [1.29, 1.82) is 0 Å². The number of hydrogen-bond donors (Lipinski definition) is 2. The molecule has 0 aliphatic carbocycles. The summed E-state index contributed by atoms with van der Waals surface area (Å²) in [5.41, 5.74) is 4.65. The molecule has 0 bridgehead atoms. The Hall–Kier alpha value is -3.02. The summed E-state index contributed by atoms with van der Waals surface area (Å²) in [6, 6.07) is 15.7. The van der Waals surface area contributed by atoms with Crippen molar-refractivity contribution in [3.63, 3.8) is 0 Å². The highest BCUT2D eigenvalue weighted by Crippen LogP contribution is 2.19. The minimum atomic E-state index is -0.515. The lowest BCUT2D eigenvalue weighted by Crippen LogP contribution is -2.56. The Bertz CT molecular complexity index is 902. The maximum atomic E-state index is 13.2. The molecule has 0 unspecified atom stereocenters. The summed E-state index contributed by atoms with van der Waals surface area (Å²) in [7, 11) is 0. The van der Waals surface area contributed by atoms with Crippen molar-refractivity contribution in [2.75, 3.05) is 31.1 Å². The van der Waals surface area contributed by atoms with Crippen molar-refractivity contribution in [1.82, 2.24) is 15.5 Å². The second kappa shape index (κ2) is 11.0. The van der Waals surface area contributed by atoms with Crippen molar-refractivity contribution in [2.45, 2.75) is 46.7 Å². The summed E-state index contributed by atoms with van der Waals surface area (Å²) in [4.78, 5) is 30.0. The Morgan fingerprint density at radius 2 is 1.62 bits per heavy atom. The molecular formula is C26H36N4O2. The van der Waals surface area contributed by atoms with Crippen LogP contribution in [0.25, 0.3) is 0 Å². The molecule has 6 nitrogen and oxygen atoms in total. The quantitative estimate of drug-likeness (QED) is 0.693. The third kappa shape index (κ3) is 6.74. The van der Waals surface area contributed by atoms with Crippen LogP contribution in [-0.4, -0.2) is 49.1 Å². The standard InChI is InChI=1S/C26H36N4O2/c1-19(2)16-24(28-26(32)27-18-22-10-8-20(3)9-11-22)25(31)30-14-12-29(13-15-30)23-7-5-6-21(4)17-23/h5-11,17,19,24H,12-16,18H2,1-4H3,(H2,27,28,32)/t24-/m0/s1. The molecule has 1 saturated heterocycles. The van der Waals surface area contributed by atoms with Crippen LogP contribution in [0.3, 0.4) is 0 Å². The van der Waals surface area contributed by atoms with Crippen molar-refractivity contribution < 1.29 is 9.59 Å². The first-order chi connectivity index (χ1) is 15.3. The van der Waals surface area contributed by atoms with Gasteiger partial charge in [-0.05, 0) is 49.4 Å². The number of carbonyl (C=O) groups excluding carboxylic acids is 2. The van der Waals surface area contributed by atoms with Crippen LogP contribution in [0.1, 0.15) is 37.0 Å². The summed E-state index contributed by atoms with van der Waals surface area (Å²) in [6.07, 6.45) is 0.620. The molecule has 6 heteroatoms. The largest absolute Gasteiger partial charge is 0.368 e. The predicted molar refractivity (Wildman–Crippen MR) is 130 cm³/mol. The van der Waals surface area contributed by atoms with Gasteiger partial charge >= 0.3 is 6.03 Å². The average molecular weight is 437 g/mol. The van der Waals surface area contributed by atoms with Gasteiger partial charge in [-0.15, -0.1) is 0 Å². The normalized spacial score (nSPS) is 14.9. The second-order valence-corrected chi connectivity index (χ2v) is 9.15. The van der Waals surface area contributed by atoms with Crippen LogP contribution in [-0.2, 0) is 11.3 Å². The Morgan fingerprint density at radius 1 is 0.938 bits per heavy atom. The van der Waals surface area contributed by atoms with Crippen molar-refractivity contribution in [3.05, 3.63) is 65.2 Å². The molecule has 1 aliphatic rings. The second-order valence-electron chi connectivity index (χ2n) is 9.15. The van der Waals surface area contributed by atoms with Gasteiger partial charge < -0.3 is 20.4 Å². The van der Waals surface area contributed by atoms with Crippen LogP contribution >= 0.6 is 0 Å². The minimum Gasteiger partial charge on any atom is -0.368 e. The third-order valence-corrected chi connectivity index (χ3v) is 5.84. The zero-order valence-electron chi connectivity index (χ0n) is 19.7. The lowest BCUT2D eigenvalue weighted by atomic mass is 10.0. The molecule has 172 valence electrons. The van der Waals surface area contributed by atoms with Gasteiger partial charge in [0.15, 0.2) is 0 Å². The van der Waals surface area contributed by atoms with E-state index in [-0.39, 0.29) is 11.9 Å². The number of rotatable bonds is 7. The average Bonchev–Trinajstić information content (AvgIpc) is 2.77. The molecule has 2 N–H and O–H groups in total. The first kappa shape index (κ1) is 23.6. The highest BCUT2D eigenvalue weighted by Gasteiger charge is 2.29. The number of nitrogens with zero attached hydrogens (tertiary/aromatic N) is 2. The van der Waals surface area contributed by atoms with Gasteiger partial charge in [0.2, 0.25) is 5.91 Å². The number of carbonyl (C=O) groups is 2. The summed E-state index contributed by atoms with van der Waals surface area (Å²) >= 11 is 0. The number of aryl methyl sites for hydroxylation is 2. The molecule has 3 rings (SSSR count). The fourth-order valence-corrected chi connectivity index (χ4v) is 4.02. The molecule has 32 heavy (non-hydrogen) atoms. The van der Waals surface area contributed by atoms with Crippen molar-refractivity contribution in [3.8, 4) is 0 Å². The van der Waals surface area contributed by atoms with Crippen LogP contribution in [0, 0.1) is 19.8 Å². The number of nitrogens with one attached hydrogen (secondary N) is 2. The molecule has 2 aromatic rings. The van der Waals surface area contributed by atoms with Gasteiger partial charge in [-0.25, -0.2) is 4.79 Å². The molecule has 0 radical (unpaired) electrons. The number of hydrogen-bond acceptors (Lipinski definition) is 3. The first-order valence-corrected chi connectivity index (χ1v) is 11.5. The summed E-state index contributed by atoms with van der Waals surface area (Å²) < 4.78 is 0. The molecule has 1 heterocycles. The van der Waals surface area contributed by atoms with Gasteiger partial charge in [0.25, 0.3) is 0 Å². The Kier molecular flexibility index (Phi) is 8.14. The van der Waals surface area contributed by atoms with Gasteiger partial charge in [-0.3, -0.25) is 4.79 Å². The van der Waals surface area contributed by atoms with E-state index in [1.165, 1.54) is 16.8 Å². The highest BCUT2D eigenvalue weighted by atomic mass is 16.2. The topological polar surface area (TPSA) is 64.7 Å². The molecule has 0 saturated carbocycles. The van der Waals surface area contributed by atoms with Crippen LogP contribution < -0.4 is 15.5 Å². The van der Waals surface area contributed by atoms with E-state index in [1.807, 2.05) is 36.1 Å².